The number of aromatic nitrogens is 3. The summed E-state index contributed by atoms with van der Waals surface area (Å²) in [7, 11) is 0. The van der Waals surface area contributed by atoms with Crippen LogP contribution in [0.4, 0.5) is 0 Å². The fraction of sp³-hybridized carbons (Fsp3) is 0. The van der Waals surface area contributed by atoms with E-state index in [9.17, 15) is 0 Å². The van der Waals surface area contributed by atoms with Crippen molar-refractivity contribution in [3.05, 3.63) is 176 Å². The minimum atomic E-state index is 0.662. The first-order chi connectivity index (χ1) is 24.8. The lowest BCUT2D eigenvalue weighted by atomic mass is 9.96. The minimum Gasteiger partial charge on any atom is -0.452 e. The summed E-state index contributed by atoms with van der Waals surface area (Å²) in [5.74, 6) is 0.662. The Morgan fingerprint density at radius 2 is 1.12 bits per heavy atom. The molecule has 10 rings (SSSR count). The first kappa shape index (κ1) is 28.3. The van der Waals surface area contributed by atoms with Crippen molar-refractivity contribution < 1.29 is 4.42 Å². The van der Waals surface area contributed by atoms with Gasteiger partial charge in [-0.25, -0.2) is 9.97 Å². The van der Waals surface area contributed by atoms with E-state index in [-0.39, 0.29) is 0 Å². The van der Waals surface area contributed by atoms with Crippen LogP contribution in [0.15, 0.2) is 180 Å². The van der Waals surface area contributed by atoms with Crippen LogP contribution in [-0.4, -0.2) is 14.5 Å². The lowest BCUT2D eigenvalue weighted by Crippen LogP contribution is -1.94. The summed E-state index contributed by atoms with van der Waals surface area (Å²) in [6, 6.07) is 61.6. The molecule has 0 spiro atoms. The van der Waals surface area contributed by atoms with Gasteiger partial charge in [0.05, 0.1) is 11.0 Å². The molecule has 0 bridgehead atoms. The van der Waals surface area contributed by atoms with Gasteiger partial charge in [0.2, 0.25) is 0 Å². The summed E-state index contributed by atoms with van der Waals surface area (Å²) >= 11 is 0. The number of fused-ring (bicyclic) bond motifs is 6. The second kappa shape index (κ2) is 11.4. The fourth-order valence-corrected chi connectivity index (χ4v) is 7.31. The quantitative estimate of drug-likeness (QED) is 0.188. The lowest BCUT2D eigenvalue weighted by Gasteiger charge is -2.10. The van der Waals surface area contributed by atoms with Crippen molar-refractivity contribution in [3.8, 4) is 50.6 Å². The van der Waals surface area contributed by atoms with Gasteiger partial charge in [-0.2, -0.15) is 0 Å². The molecule has 3 aromatic heterocycles. The number of hydrogen-bond donors (Lipinski definition) is 0. The summed E-state index contributed by atoms with van der Waals surface area (Å²) in [5.41, 5.74) is 13.2. The molecule has 0 radical (unpaired) electrons. The normalized spacial score (nSPS) is 11.6. The van der Waals surface area contributed by atoms with E-state index < -0.39 is 0 Å². The van der Waals surface area contributed by atoms with Crippen LogP contribution in [0.25, 0.3) is 94.5 Å². The van der Waals surface area contributed by atoms with Crippen molar-refractivity contribution in [2.75, 3.05) is 0 Å². The highest BCUT2D eigenvalue weighted by Crippen LogP contribution is 2.41. The van der Waals surface area contributed by atoms with Crippen LogP contribution in [0.1, 0.15) is 0 Å². The van der Waals surface area contributed by atoms with Gasteiger partial charge in [0.25, 0.3) is 0 Å². The third kappa shape index (κ3) is 4.54. The molecule has 0 aliphatic rings. The Labute approximate surface area is 288 Å². The SMILES string of the molecule is c1ccc(-c2ccc3c(c2)c2c(-c4cccc(-c5nc(-c6ccccc6)c6oc7ccccc7c6n5)c4)cccc2n3-c2ccccc2)cc1. The number of hydrogen-bond acceptors (Lipinski definition) is 3. The summed E-state index contributed by atoms with van der Waals surface area (Å²) in [6.07, 6.45) is 0. The number of para-hydroxylation sites is 2. The largest absolute Gasteiger partial charge is 0.452 e. The van der Waals surface area contributed by atoms with Crippen molar-refractivity contribution in [1.82, 2.24) is 14.5 Å². The van der Waals surface area contributed by atoms with Crippen molar-refractivity contribution in [2.24, 2.45) is 0 Å². The molecule has 0 saturated carbocycles. The van der Waals surface area contributed by atoms with E-state index in [0.29, 0.717) is 11.4 Å². The second-order valence-electron chi connectivity index (χ2n) is 12.6. The van der Waals surface area contributed by atoms with Gasteiger partial charge >= 0.3 is 0 Å². The molecule has 0 saturated heterocycles. The first-order valence-corrected chi connectivity index (χ1v) is 16.8. The van der Waals surface area contributed by atoms with Crippen LogP contribution in [-0.2, 0) is 0 Å². The van der Waals surface area contributed by atoms with E-state index in [2.05, 4.69) is 144 Å². The Kier molecular flexibility index (Phi) is 6.46. The van der Waals surface area contributed by atoms with Gasteiger partial charge in [-0.1, -0.05) is 127 Å². The molecule has 0 amide bonds. The number of benzene rings is 7. The van der Waals surface area contributed by atoms with Crippen molar-refractivity contribution in [1.29, 1.82) is 0 Å². The molecule has 0 aliphatic heterocycles. The van der Waals surface area contributed by atoms with Gasteiger partial charge in [0, 0.05) is 33.0 Å². The van der Waals surface area contributed by atoms with Gasteiger partial charge in [-0.05, 0) is 70.8 Å². The van der Waals surface area contributed by atoms with Crippen LogP contribution in [0.5, 0.6) is 0 Å². The molecular weight excluding hydrogens is 611 g/mol. The summed E-state index contributed by atoms with van der Waals surface area (Å²) < 4.78 is 8.74. The fourth-order valence-electron chi connectivity index (χ4n) is 7.31. The minimum absolute atomic E-state index is 0.662. The zero-order valence-electron chi connectivity index (χ0n) is 27.0. The van der Waals surface area contributed by atoms with Gasteiger partial charge in [-0.15, -0.1) is 0 Å². The zero-order valence-corrected chi connectivity index (χ0v) is 27.0. The van der Waals surface area contributed by atoms with Crippen molar-refractivity contribution in [2.45, 2.75) is 0 Å². The van der Waals surface area contributed by atoms with Gasteiger partial charge in [0.15, 0.2) is 11.4 Å². The van der Waals surface area contributed by atoms with E-state index in [1.807, 2.05) is 36.4 Å². The molecule has 10 aromatic rings. The van der Waals surface area contributed by atoms with Crippen molar-refractivity contribution in [3.63, 3.8) is 0 Å². The molecule has 4 nitrogen and oxygen atoms in total. The molecule has 234 valence electrons. The molecule has 0 atom stereocenters. The Bertz CT molecular complexity index is 2850. The second-order valence-corrected chi connectivity index (χ2v) is 12.6. The molecule has 3 heterocycles. The smallest absolute Gasteiger partial charge is 0.180 e. The maximum Gasteiger partial charge on any atom is 0.180 e. The summed E-state index contributed by atoms with van der Waals surface area (Å²) in [6.45, 7) is 0. The molecule has 4 heteroatoms. The topological polar surface area (TPSA) is 43.9 Å². The highest BCUT2D eigenvalue weighted by atomic mass is 16.3. The maximum absolute atomic E-state index is 6.36. The number of nitrogens with zero attached hydrogens (tertiary/aromatic N) is 3. The Morgan fingerprint density at radius 1 is 0.440 bits per heavy atom. The molecule has 0 aliphatic carbocycles. The molecular formula is C46H29N3O. The summed E-state index contributed by atoms with van der Waals surface area (Å²) in [5, 5.41) is 3.40. The molecule has 0 fully saturated rings. The van der Waals surface area contributed by atoms with Gasteiger partial charge in [-0.3, -0.25) is 0 Å². The van der Waals surface area contributed by atoms with Gasteiger partial charge in [0.1, 0.15) is 16.8 Å². The Hall–Kier alpha value is -6.78. The molecule has 50 heavy (non-hydrogen) atoms. The summed E-state index contributed by atoms with van der Waals surface area (Å²) in [4.78, 5) is 10.3. The van der Waals surface area contributed by atoms with Crippen LogP contribution in [0, 0.1) is 0 Å². The van der Waals surface area contributed by atoms with E-state index in [0.717, 1.165) is 55.6 Å². The Morgan fingerprint density at radius 3 is 1.94 bits per heavy atom. The molecule has 7 aromatic carbocycles. The predicted octanol–water partition coefficient (Wildman–Crippen LogP) is 12.1. The Balaban J connectivity index is 1.21. The number of furan rings is 1. The van der Waals surface area contributed by atoms with E-state index in [1.165, 1.54) is 27.4 Å². The predicted molar refractivity (Wildman–Crippen MR) is 205 cm³/mol. The first-order valence-electron chi connectivity index (χ1n) is 16.8. The van der Waals surface area contributed by atoms with Gasteiger partial charge < -0.3 is 8.98 Å². The van der Waals surface area contributed by atoms with Crippen LogP contribution < -0.4 is 0 Å². The average molecular weight is 640 g/mol. The molecule has 0 N–H and O–H groups in total. The number of rotatable bonds is 5. The third-order valence-corrected chi connectivity index (χ3v) is 9.61. The maximum atomic E-state index is 6.36. The van der Waals surface area contributed by atoms with Crippen molar-refractivity contribution >= 4 is 43.9 Å². The monoisotopic (exact) mass is 639 g/mol. The standard InChI is InChI=1S/C46H29N3O/c1-4-14-30(15-5-1)32-26-27-39-38(29-32)42-36(23-13-24-40(42)49(39)35-20-8-3-9-21-35)33-18-12-19-34(28-33)46-47-43(31-16-6-2-7-17-31)45-44(48-46)37-22-10-11-25-41(37)50-45/h1-29H. The van der Waals surface area contributed by atoms with Crippen LogP contribution in [0.3, 0.4) is 0 Å². The average Bonchev–Trinajstić information content (AvgIpc) is 3.74. The zero-order chi connectivity index (χ0) is 33.0. The van der Waals surface area contributed by atoms with Crippen LogP contribution >= 0.6 is 0 Å². The van der Waals surface area contributed by atoms with E-state index in [4.69, 9.17) is 14.4 Å². The highest BCUT2D eigenvalue weighted by Gasteiger charge is 2.20. The van der Waals surface area contributed by atoms with E-state index in [1.54, 1.807) is 0 Å². The molecule has 0 unspecified atom stereocenters. The van der Waals surface area contributed by atoms with E-state index >= 15 is 0 Å². The highest BCUT2D eigenvalue weighted by molar-refractivity contribution is 6.16. The lowest BCUT2D eigenvalue weighted by molar-refractivity contribution is 0.667. The van der Waals surface area contributed by atoms with Crippen LogP contribution in [0.2, 0.25) is 0 Å². The third-order valence-electron chi connectivity index (χ3n) is 9.61.